The molecular weight excluding hydrogens is 150 g/mol. The summed E-state index contributed by atoms with van der Waals surface area (Å²) in [5.41, 5.74) is 12.7. The third-order valence-electron chi connectivity index (χ3n) is 1.64. The molecule has 0 aliphatic carbocycles. The normalized spacial score (nSPS) is 12.5. The van der Waals surface area contributed by atoms with Crippen LogP contribution in [0.15, 0.2) is 24.8 Å². The molecule has 4 N–H and O–H groups in total. The minimum absolute atomic E-state index is 0.176. The van der Waals surface area contributed by atoms with E-state index in [0.717, 1.165) is 11.4 Å². The van der Waals surface area contributed by atoms with Crippen LogP contribution in [0.25, 0.3) is 6.08 Å². The molecule has 1 aromatic heterocycles. The lowest BCUT2D eigenvalue weighted by atomic mass is 10.2. The van der Waals surface area contributed by atoms with Crippen LogP contribution >= 0.6 is 0 Å². The van der Waals surface area contributed by atoms with E-state index in [1.165, 1.54) is 0 Å². The quantitative estimate of drug-likeness (QED) is 0.688. The highest BCUT2D eigenvalue weighted by atomic mass is 14.8. The standard InChI is InChI=1S/C9H13N3/c1-2-7-4-3-5-9(12-7)8(11)6-10/h2-5,8H,1,6,10-11H2/t8-/m1/s1. The molecule has 3 heteroatoms. The van der Waals surface area contributed by atoms with Gasteiger partial charge in [-0.1, -0.05) is 12.6 Å². The predicted molar refractivity (Wildman–Crippen MR) is 50.3 cm³/mol. The van der Waals surface area contributed by atoms with Gasteiger partial charge < -0.3 is 11.5 Å². The van der Waals surface area contributed by atoms with E-state index in [2.05, 4.69) is 11.6 Å². The van der Waals surface area contributed by atoms with Crippen molar-refractivity contribution in [3.05, 3.63) is 36.2 Å². The highest BCUT2D eigenvalue weighted by molar-refractivity contribution is 5.41. The molecule has 0 radical (unpaired) electrons. The second-order valence-electron chi connectivity index (χ2n) is 2.53. The van der Waals surface area contributed by atoms with Crippen LogP contribution in [0.3, 0.4) is 0 Å². The summed E-state index contributed by atoms with van der Waals surface area (Å²) in [7, 11) is 0. The van der Waals surface area contributed by atoms with Crippen molar-refractivity contribution < 1.29 is 0 Å². The number of aromatic nitrogens is 1. The molecule has 1 rings (SSSR count). The lowest BCUT2D eigenvalue weighted by Gasteiger charge is -2.07. The third-order valence-corrected chi connectivity index (χ3v) is 1.64. The molecule has 12 heavy (non-hydrogen) atoms. The molecule has 0 amide bonds. The maximum Gasteiger partial charge on any atom is 0.0627 e. The van der Waals surface area contributed by atoms with Gasteiger partial charge in [0, 0.05) is 6.54 Å². The van der Waals surface area contributed by atoms with Crippen LogP contribution in [0, 0.1) is 0 Å². The maximum atomic E-state index is 5.70. The SMILES string of the molecule is C=Cc1cccc([C@H](N)CN)n1. The van der Waals surface area contributed by atoms with Crippen molar-refractivity contribution in [2.24, 2.45) is 11.5 Å². The van der Waals surface area contributed by atoms with E-state index in [-0.39, 0.29) is 6.04 Å². The molecule has 1 atom stereocenters. The smallest absolute Gasteiger partial charge is 0.0627 e. The van der Waals surface area contributed by atoms with Crippen LogP contribution in [0.2, 0.25) is 0 Å². The second kappa shape index (κ2) is 3.99. The molecule has 0 saturated carbocycles. The van der Waals surface area contributed by atoms with Crippen LogP contribution in [0.1, 0.15) is 17.4 Å². The van der Waals surface area contributed by atoms with Crippen molar-refractivity contribution >= 4 is 6.08 Å². The first-order valence-corrected chi connectivity index (χ1v) is 3.83. The molecular formula is C9H13N3. The van der Waals surface area contributed by atoms with Crippen molar-refractivity contribution in [2.75, 3.05) is 6.54 Å². The third kappa shape index (κ3) is 1.90. The highest BCUT2D eigenvalue weighted by Gasteiger charge is 2.03. The van der Waals surface area contributed by atoms with Gasteiger partial charge in [0.25, 0.3) is 0 Å². The van der Waals surface area contributed by atoms with E-state index in [4.69, 9.17) is 11.5 Å². The monoisotopic (exact) mass is 163 g/mol. The Morgan fingerprint density at radius 3 is 2.92 bits per heavy atom. The lowest BCUT2D eigenvalue weighted by molar-refractivity contribution is 0.710. The molecule has 0 aromatic carbocycles. The summed E-state index contributed by atoms with van der Waals surface area (Å²) in [6.07, 6.45) is 1.69. The summed E-state index contributed by atoms with van der Waals surface area (Å²) in [6, 6.07) is 5.46. The van der Waals surface area contributed by atoms with Gasteiger partial charge in [0.05, 0.1) is 17.4 Å². The molecule has 0 aliphatic heterocycles. The first-order valence-electron chi connectivity index (χ1n) is 3.83. The van der Waals surface area contributed by atoms with Crippen molar-refractivity contribution in [1.82, 2.24) is 4.98 Å². The van der Waals surface area contributed by atoms with Crippen LogP contribution in [0.4, 0.5) is 0 Å². The maximum absolute atomic E-state index is 5.70. The Hall–Kier alpha value is -1.19. The predicted octanol–water partition coefficient (Wildman–Crippen LogP) is 0.683. The van der Waals surface area contributed by atoms with Gasteiger partial charge in [0.2, 0.25) is 0 Å². The van der Waals surface area contributed by atoms with Gasteiger partial charge >= 0.3 is 0 Å². The van der Waals surface area contributed by atoms with Crippen LogP contribution in [-0.2, 0) is 0 Å². The molecule has 3 nitrogen and oxygen atoms in total. The highest BCUT2D eigenvalue weighted by Crippen LogP contribution is 2.06. The Morgan fingerprint density at radius 2 is 2.33 bits per heavy atom. The summed E-state index contributed by atoms with van der Waals surface area (Å²) in [4.78, 5) is 4.24. The summed E-state index contributed by atoms with van der Waals surface area (Å²) >= 11 is 0. The molecule has 0 bridgehead atoms. The van der Waals surface area contributed by atoms with E-state index in [1.807, 2.05) is 18.2 Å². The van der Waals surface area contributed by atoms with Crippen molar-refractivity contribution in [3.63, 3.8) is 0 Å². The van der Waals surface area contributed by atoms with Gasteiger partial charge in [0.1, 0.15) is 0 Å². The summed E-state index contributed by atoms with van der Waals surface area (Å²) in [5.74, 6) is 0. The molecule has 0 spiro atoms. The molecule has 0 fully saturated rings. The van der Waals surface area contributed by atoms with E-state index in [1.54, 1.807) is 6.08 Å². The van der Waals surface area contributed by atoms with Gasteiger partial charge in [-0.2, -0.15) is 0 Å². The van der Waals surface area contributed by atoms with Gasteiger partial charge in [0.15, 0.2) is 0 Å². The minimum atomic E-state index is -0.176. The number of hydrogen-bond acceptors (Lipinski definition) is 3. The average Bonchev–Trinajstić information content (AvgIpc) is 2.17. The molecule has 0 unspecified atom stereocenters. The average molecular weight is 163 g/mol. The first-order chi connectivity index (χ1) is 5.77. The van der Waals surface area contributed by atoms with E-state index < -0.39 is 0 Å². The van der Waals surface area contributed by atoms with Crippen molar-refractivity contribution in [3.8, 4) is 0 Å². The Bertz CT molecular complexity index is 270. The summed E-state index contributed by atoms with van der Waals surface area (Å²) in [5, 5.41) is 0. The molecule has 1 heterocycles. The molecule has 0 aliphatic rings. The van der Waals surface area contributed by atoms with Crippen molar-refractivity contribution in [2.45, 2.75) is 6.04 Å². The summed E-state index contributed by atoms with van der Waals surface area (Å²) in [6.45, 7) is 4.03. The van der Waals surface area contributed by atoms with Gasteiger partial charge in [-0.15, -0.1) is 0 Å². The number of pyridine rings is 1. The van der Waals surface area contributed by atoms with Crippen LogP contribution in [0.5, 0.6) is 0 Å². The second-order valence-corrected chi connectivity index (χ2v) is 2.53. The topological polar surface area (TPSA) is 64.9 Å². The number of rotatable bonds is 3. The Labute approximate surface area is 72.1 Å². The van der Waals surface area contributed by atoms with Gasteiger partial charge in [-0.3, -0.25) is 4.98 Å². The molecule has 1 aromatic rings. The summed E-state index contributed by atoms with van der Waals surface area (Å²) < 4.78 is 0. The Kier molecular flexibility index (Phi) is 2.96. The van der Waals surface area contributed by atoms with Crippen LogP contribution < -0.4 is 11.5 Å². The van der Waals surface area contributed by atoms with Crippen LogP contribution in [-0.4, -0.2) is 11.5 Å². The zero-order valence-corrected chi connectivity index (χ0v) is 6.90. The minimum Gasteiger partial charge on any atom is -0.329 e. The Balaban J connectivity index is 2.93. The Morgan fingerprint density at radius 1 is 1.58 bits per heavy atom. The van der Waals surface area contributed by atoms with Crippen molar-refractivity contribution in [1.29, 1.82) is 0 Å². The molecule has 0 saturated heterocycles. The molecule has 64 valence electrons. The number of hydrogen-bond donors (Lipinski definition) is 2. The lowest BCUT2D eigenvalue weighted by Crippen LogP contribution is -2.21. The zero-order chi connectivity index (χ0) is 8.97. The zero-order valence-electron chi connectivity index (χ0n) is 6.90. The van der Waals surface area contributed by atoms with E-state index in [0.29, 0.717) is 6.54 Å². The number of nitrogens with zero attached hydrogens (tertiary/aromatic N) is 1. The fourth-order valence-corrected chi connectivity index (χ4v) is 0.910. The fourth-order valence-electron chi connectivity index (χ4n) is 0.910. The first kappa shape index (κ1) is 8.90. The largest absolute Gasteiger partial charge is 0.329 e. The van der Waals surface area contributed by atoms with Gasteiger partial charge in [-0.05, 0) is 18.2 Å². The number of nitrogens with two attached hydrogens (primary N) is 2. The van der Waals surface area contributed by atoms with E-state index in [9.17, 15) is 0 Å². The van der Waals surface area contributed by atoms with E-state index >= 15 is 0 Å². The fraction of sp³-hybridized carbons (Fsp3) is 0.222. The van der Waals surface area contributed by atoms with Gasteiger partial charge in [-0.25, -0.2) is 0 Å².